The van der Waals surface area contributed by atoms with Crippen molar-refractivity contribution in [2.75, 3.05) is 0 Å². The lowest BCUT2D eigenvalue weighted by Gasteiger charge is -2.13. The summed E-state index contributed by atoms with van der Waals surface area (Å²) in [5.74, 6) is -3.71. The third kappa shape index (κ3) is 2.98. The number of carbonyl (C=O) groups excluding carboxylic acids is 1. The van der Waals surface area contributed by atoms with Gasteiger partial charge < -0.3 is 14.9 Å². The van der Waals surface area contributed by atoms with E-state index in [4.69, 9.17) is 5.11 Å². The second kappa shape index (κ2) is 5.50. The van der Waals surface area contributed by atoms with Crippen molar-refractivity contribution < 1.29 is 37.7 Å². The summed E-state index contributed by atoms with van der Waals surface area (Å²) in [6, 6.07) is 1.05. The number of alkyl halides is 2. The van der Waals surface area contributed by atoms with Crippen LogP contribution in [-0.4, -0.2) is 29.1 Å². The SMILES string of the molecule is O=Cc1c(OC(F)F)cc(F)cc1C(O)C(=O)O. The summed E-state index contributed by atoms with van der Waals surface area (Å²) in [6.07, 6.45) is -2.22. The molecule has 1 unspecified atom stereocenters. The number of hydrogen-bond acceptors (Lipinski definition) is 4. The first-order valence-electron chi connectivity index (χ1n) is 4.51. The van der Waals surface area contributed by atoms with Crippen LogP contribution in [0.25, 0.3) is 0 Å². The van der Waals surface area contributed by atoms with Crippen LogP contribution in [0.1, 0.15) is 22.0 Å². The van der Waals surface area contributed by atoms with Crippen molar-refractivity contribution in [2.24, 2.45) is 0 Å². The molecule has 0 aromatic heterocycles. The molecule has 0 bridgehead atoms. The van der Waals surface area contributed by atoms with Gasteiger partial charge in [0, 0.05) is 11.6 Å². The lowest BCUT2D eigenvalue weighted by atomic mass is 10.0. The predicted molar refractivity (Wildman–Crippen MR) is 51.0 cm³/mol. The van der Waals surface area contributed by atoms with Gasteiger partial charge in [-0.05, 0) is 6.07 Å². The standard InChI is InChI=1S/C10H7F3O5/c11-4-1-5(8(15)9(16)17)6(3-14)7(2-4)18-10(12)13/h1-3,8,10,15H,(H,16,17). The summed E-state index contributed by atoms with van der Waals surface area (Å²) >= 11 is 0. The van der Waals surface area contributed by atoms with Gasteiger partial charge in [0.05, 0.1) is 5.56 Å². The number of aldehydes is 1. The minimum absolute atomic E-state index is 0.00134. The zero-order valence-corrected chi connectivity index (χ0v) is 8.64. The van der Waals surface area contributed by atoms with Gasteiger partial charge >= 0.3 is 12.6 Å². The van der Waals surface area contributed by atoms with Crippen molar-refractivity contribution >= 4 is 12.3 Å². The average molecular weight is 264 g/mol. The van der Waals surface area contributed by atoms with Crippen LogP contribution in [-0.2, 0) is 4.79 Å². The van der Waals surface area contributed by atoms with Crippen LogP contribution in [0.2, 0.25) is 0 Å². The molecule has 0 saturated heterocycles. The smallest absolute Gasteiger partial charge is 0.387 e. The normalized spacial score (nSPS) is 12.3. The number of halogens is 3. The fourth-order valence-electron chi connectivity index (χ4n) is 1.29. The van der Waals surface area contributed by atoms with E-state index < -0.39 is 41.4 Å². The lowest BCUT2D eigenvalue weighted by Crippen LogP contribution is -2.15. The lowest BCUT2D eigenvalue weighted by molar-refractivity contribution is -0.146. The number of ether oxygens (including phenoxy) is 1. The molecule has 0 radical (unpaired) electrons. The number of carboxylic acids is 1. The van der Waals surface area contributed by atoms with Gasteiger partial charge in [0.1, 0.15) is 11.6 Å². The van der Waals surface area contributed by atoms with Crippen molar-refractivity contribution in [3.63, 3.8) is 0 Å². The molecule has 0 aliphatic heterocycles. The minimum atomic E-state index is -3.32. The van der Waals surface area contributed by atoms with Crippen LogP contribution in [0.4, 0.5) is 13.2 Å². The molecule has 98 valence electrons. The molecule has 0 heterocycles. The van der Waals surface area contributed by atoms with E-state index in [1.165, 1.54) is 0 Å². The molecule has 0 amide bonds. The number of carbonyl (C=O) groups is 2. The van der Waals surface area contributed by atoms with Crippen molar-refractivity contribution in [2.45, 2.75) is 12.7 Å². The quantitative estimate of drug-likeness (QED) is 0.784. The maximum Gasteiger partial charge on any atom is 0.387 e. The highest BCUT2D eigenvalue weighted by molar-refractivity contribution is 5.86. The predicted octanol–water partition coefficient (Wildman–Crippen LogP) is 1.36. The summed E-state index contributed by atoms with van der Waals surface area (Å²) in [5.41, 5.74) is -1.31. The third-order valence-corrected chi connectivity index (χ3v) is 2.00. The van der Waals surface area contributed by atoms with Crippen molar-refractivity contribution in [1.82, 2.24) is 0 Å². The van der Waals surface area contributed by atoms with E-state index in [1.54, 1.807) is 0 Å². The maximum atomic E-state index is 13.1. The van der Waals surface area contributed by atoms with Crippen LogP contribution in [0.3, 0.4) is 0 Å². The van der Waals surface area contributed by atoms with E-state index in [1.807, 2.05) is 0 Å². The van der Waals surface area contributed by atoms with E-state index in [9.17, 15) is 27.9 Å². The summed E-state index contributed by atoms with van der Waals surface area (Å²) < 4.78 is 41.0. The molecule has 1 aromatic carbocycles. The Morgan fingerprint density at radius 1 is 1.39 bits per heavy atom. The van der Waals surface area contributed by atoms with Crippen LogP contribution >= 0.6 is 0 Å². The van der Waals surface area contributed by atoms with Crippen molar-refractivity contribution in [3.8, 4) is 5.75 Å². The van der Waals surface area contributed by atoms with E-state index in [0.717, 1.165) is 0 Å². The van der Waals surface area contributed by atoms with Gasteiger partial charge in [-0.3, -0.25) is 4.79 Å². The molecular formula is C10H7F3O5. The van der Waals surface area contributed by atoms with Gasteiger partial charge in [0.25, 0.3) is 0 Å². The molecule has 5 nitrogen and oxygen atoms in total. The second-order valence-corrected chi connectivity index (χ2v) is 3.14. The Morgan fingerprint density at radius 3 is 2.44 bits per heavy atom. The molecular weight excluding hydrogens is 257 g/mol. The van der Waals surface area contributed by atoms with Crippen LogP contribution in [0, 0.1) is 5.82 Å². The molecule has 18 heavy (non-hydrogen) atoms. The molecule has 0 aliphatic carbocycles. The highest BCUT2D eigenvalue weighted by atomic mass is 19.3. The topological polar surface area (TPSA) is 83.8 Å². The highest BCUT2D eigenvalue weighted by Crippen LogP contribution is 2.28. The average Bonchev–Trinajstić information content (AvgIpc) is 2.26. The fraction of sp³-hybridized carbons (Fsp3) is 0.200. The van der Waals surface area contributed by atoms with Crippen molar-refractivity contribution in [1.29, 1.82) is 0 Å². The molecule has 1 rings (SSSR count). The number of carboxylic acid groups (broad SMARTS) is 1. The molecule has 0 spiro atoms. The third-order valence-electron chi connectivity index (χ3n) is 2.00. The van der Waals surface area contributed by atoms with Gasteiger partial charge in [-0.2, -0.15) is 8.78 Å². The van der Waals surface area contributed by atoms with E-state index in [0.29, 0.717) is 12.1 Å². The van der Waals surface area contributed by atoms with Gasteiger partial charge in [-0.25, -0.2) is 9.18 Å². The number of hydrogen-bond donors (Lipinski definition) is 2. The Hall–Kier alpha value is -2.09. The molecule has 0 fully saturated rings. The van der Waals surface area contributed by atoms with Crippen LogP contribution < -0.4 is 4.74 Å². The minimum Gasteiger partial charge on any atom is -0.479 e. The molecule has 0 aliphatic rings. The summed E-state index contributed by atoms with van der Waals surface area (Å²) in [4.78, 5) is 21.3. The Kier molecular flexibility index (Phi) is 4.27. The molecule has 8 heteroatoms. The molecule has 1 atom stereocenters. The van der Waals surface area contributed by atoms with Gasteiger partial charge in [-0.1, -0.05) is 0 Å². The second-order valence-electron chi connectivity index (χ2n) is 3.14. The number of aliphatic hydroxyl groups is 1. The monoisotopic (exact) mass is 264 g/mol. The Bertz CT molecular complexity index is 475. The van der Waals surface area contributed by atoms with Crippen LogP contribution in [0.15, 0.2) is 12.1 Å². The van der Waals surface area contributed by atoms with Gasteiger partial charge in [-0.15, -0.1) is 0 Å². The van der Waals surface area contributed by atoms with E-state index >= 15 is 0 Å². The maximum absolute atomic E-state index is 13.1. The molecule has 0 saturated carbocycles. The van der Waals surface area contributed by atoms with Gasteiger partial charge in [0.2, 0.25) is 0 Å². The Morgan fingerprint density at radius 2 is 2.00 bits per heavy atom. The first kappa shape index (κ1) is 14.0. The first-order valence-corrected chi connectivity index (χ1v) is 4.51. The zero-order valence-electron chi connectivity index (χ0n) is 8.64. The zero-order chi connectivity index (χ0) is 13.9. The van der Waals surface area contributed by atoms with Crippen molar-refractivity contribution in [3.05, 3.63) is 29.1 Å². The summed E-state index contributed by atoms with van der Waals surface area (Å²) in [6.45, 7) is -3.32. The first-order chi connectivity index (χ1) is 8.36. The number of aliphatic hydroxyl groups excluding tert-OH is 1. The highest BCUT2D eigenvalue weighted by Gasteiger charge is 2.24. The van der Waals surface area contributed by atoms with E-state index in [-0.39, 0.29) is 6.29 Å². The Balaban J connectivity index is 3.37. The Labute approximate surface area is 98.4 Å². The summed E-state index contributed by atoms with van der Waals surface area (Å²) in [5, 5.41) is 17.8. The fourth-order valence-corrected chi connectivity index (χ4v) is 1.29. The summed E-state index contributed by atoms with van der Waals surface area (Å²) in [7, 11) is 0. The van der Waals surface area contributed by atoms with E-state index in [2.05, 4.69) is 4.74 Å². The largest absolute Gasteiger partial charge is 0.479 e. The van der Waals surface area contributed by atoms with Crippen LogP contribution in [0.5, 0.6) is 5.75 Å². The molecule has 1 aromatic rings. The number of aliphatic carboxylic acids is 1. The molecule has 2 N–H and O–H groups in total. The van der Waals surface area contributed by atoms with Gasteiger partial charge in [0.15, 0.2) is 12.4 Å². The number of benzene rings is 1. The number of rotatable bonds is 5.